The van der Waals surface area contributed by atoms with E-state index in [1.165, 1.54) is 34.4 Å². The van der Waals surface area contributed by atoms with Gasteiger partial charge in [-0.15, -0.1) is 11.8 Å². The normalized spacial score (nSPS) is 12.4. The van der Waals surface area contributed by atoms with E-state index in [0.29, 0.717) is 6.04 Å². The molecule has 0 saturated heterocycles. The number of hydrogen-bond acceptors (Lipinski definition) is 2. The molecule has 0 aliphatic rings. The molecule has 0 heterocycles. The molecule has 0 saturated carbocycles. The molecule has 1 atom stereocenters. The third kappa shape index (κ3) is 4.08. The van der Waals surface area contributed by atoms with E-state index >= 15 is 0 Å². The molecule has 3 heteroatoms. The summed E-state index contributed by atoms with van der Waals surface area (Å²) in [5, 5.41) is 3.41. The maximum absolute atomic E-state index is 12.9. The number of halogens is 1. The van der Waals surface area contributed by atoms with Gasteiger partial charge >= 0.3 is 0 Å². The van der Waals surface area contributed by atoms with Crippen molar-refractivity contribution in [1.29, 1.82) is 0 Å². The highest BCUT2D eigenvalue weighted by Crippen LogP contribution is 2.29. The van der Waals surface area contributed by atoms with Crippen LogP contribution in [-0.2, 0) is 0 Å². The quantitative estimate of drug-likeness (QED) is 0.796. The maximum Gasteiger partial charge on any atom is 0.123 e. The Bertz CT molecular complexity index is 584. The summed E-state index contributed by atoms with van der Waals surface area (Å²) >= 11 is 1.75. The van der Waals surface area contributed by atoms with Crippen LogP contribution in [0.5, 0.6) is 0 Å². The second kappa shape index (κ2) is 7.10. The largest absolute Gasteiger partial charge is 0.312 e. The maximum atomic E-state index is 12.9. The van der Waals surface area contributed by atoms with Gasteiger partial charge in [0.25, 0.3) is 0 Å². The summed E-state index contributed by atoms with van der Waals surface area (Å²) in [4.78, 5) is 1.10. The van der Waals surface area contributed by atoms with Crippen molar-refractivity contribution in [3.8, 4) is 0 Å². The molecule has 0 aromatic heterocycles. The topological polar surface area (TPSA) is 12.0 Å². The lowest BCUT2D eigenvalue weighted by atomic mass is 9.95. The van der Waals surface area contributed by atoms with Gasteiger partial charge in [0.2, 0.25) is 0 Å². The predicted octanol–water partition coefficient (Wildman–Crippen LogP) is 4.80. The van der Waals surface area contributed by atoms with E-state index < -0.39 is 0 Å². The molecule has 1 nitrogen and oxygen atoms in total. The van der Waals surface area contributed by atoms with E-state index in [1.54, 1.807) is 11.8 Å². The Labute approximate surface area is 131 Å². The minimum Gasteiger partial charge on any atom is -0.312 e. The molecule has 1 unspecified atom stereocenters. The SMILES string of the molecule is CNC(CSc1ccc(F)cc1)c1c(C)cc(C)cc1C. The average molecular weight is 303 g/mol. The molecule has 0 fully saturated rings. The summed E-state index contributed by atoms with van der Waals surface area (Å²) in [6.07, 6.45) is 0. The Morgan fingerprint density at radius 3 is 2.14 bits per heavy atom. The molecule has 0 spiro atoms. The van der Waals surface area contributed by atoms with Crippen molar-refractivity contribution in [2.24, 2.45) is 0 Å². The van der Waals surface area contributed by atoms with Crippen molar-refractivity contribution in [2.45, 2.75) is 31.7 Å². The van der Waals surface area contributed by atoms with Crippen molar-refractivity contribution < 1.29 is 4.39 Å². The molecule has 2 rings (SSSR count). The van der Waals surface area contributed by atoms with E-state index in [9.17, 15) is 4.39 Å². The zero-order valence-corrected chi connectivity index (χ0v) is 13.9. The van der Waals surface area contributed by atoms with Crippen LogP contribution in [0, 0.1) is 26.6 Å². The van der Waals surface area contributed by atoms with Crippen molar-refractivity contribution in [2.75, 3.05) is 12.8 Å². The molecule has 112 valence electrons. The van der Waals surface area contributed by atoms with Gasteiger partial charge in [-0.25, -0.2) is 4.39 Å². The Balaban J connectivity index is 2.15. The summed E-state index contributed by atoms with van der Waals surface area (Å²) in [6.45, 7) is 6.47. The van der Waals surface area contributed by atoms with Crippen LogP contribution in [0.3, 0.4) is 0 Å². The van der Waals surface area contributed by atoms with Crippen molar-refractivity contribution >= 4 is 11.8 Å². The summed E-state index contributed by atoms with van der Waals surface area (Å²) in [5.74, 6) is 0.738. The zero-order chi connectivity index (χ0) is 15.4. The molecule has 0 bridgehead atoms. The van der Waals surface area contributed by atoms with Gasteiger partial charge in [0.1, 0.15) is 5.82 Å². The predicted molar refractivity (Wildman–Crippen MR) is 89.6 cm³/mol. The highest BCUT2D eigenvalue weighted by atomic mass is 32.2. The summed E-state index contributed by atoms with van der Waals surface area (Å²) in [7, 11) is 1.99. The lowest BCUT2D eigenvalue weighted by Gasteiger charge is -2.21. The van der Waals surface area contributed by atoms with Gasteiger partial charge in [-0.3, -0.25) is 0 Å². The lowest BCUT2D eigenvalue weighted by molar-refractivity contribution is 0.626. The monoisotopic (exact) mass is 303 g/mol. The molecular formula is C18H22FNS. The Kier molecular flexibility index (Phi) is 5.43. The zero-order valence-electron chi connectivity index (χ0n) is 13.0. The lowest BCUT2D eigenvalue weighted by Crippen LogP contribution is -2.21. The van der Waals surface area contributed by atoms with Crippen LogP contribution in [0.25, 0.3) is 0 Å². The van der Waals surface area contributed by atoms with Crippen LogP contribution >= 0.6 is 11.8 Å². The fraction of sp³-hybridized carbons (Fsp3) is 0.333. The summed E-state index contributed by atoms with van der Waals surface area (Å²) in [6, 6.07) is 11.5. The number of hydrogen-bond donors (Lipinski definition) is 1. The smallest absolute Gasteiger partial charge is 0.123 e. The van der Waals surface area contributed by atoms with E-state index in [1.807, 2.05) is 19.2 Å². The van der Waals surface area contributed by atoms with E-state index in [-0.39, 0.29) is 5.82 Å². The molecule has 0 aliphatic heterocycles. The first-order valence-corrected chi connectivity index (χ1v) is 8.13. The first kappa shape index (κ1) is 16.1. The van der Waals surface area contributed by atoms with Crippen LogP contribution < -0.4 is 5.32 Å². The summed E-state index contributed by atoms with van der Waals surface area (Å²) in [5.41, 5.74) is 5.32. The highest BCUT2D eigenvalue weighted by Gasteiger charge is 2.15. The summed E-state index contributed by atoms with van der Waals surface area (Å²) < 4.78 is 12.9. The average Bonchev–Trinajstić information content (AvgIpc) is 2.43. The third-order valence-electron chi connectivity index (χ3n) is 3.67. The first-order chi connectivity index (χ1) is 10.0. The third-order valence-corrected chi connectivity index (χ3v) is 4.77. The van der Waals surface area contributed by atoms with E-state index in [4.69, 9.17) is 0 Å². The van der Waals surface area contributed by atoms with Crippen molar-refractivity contribution in [3.63, 3.8) is 0 Å². The fourth-order valence-electron chi connectivity index (χ4n) is 2.76. The minimum atomic E-state index is -0.185. The molecule has 2 aromatic rings. The van der Waals surface area contributed by atoms with Gasteiger partial charge in [-0.05, 0) is 68.8 Å². The number of nitrogens with one attached hydrogen (secondary N) is 1. The van der Waals surface area contributed by atoms with Crippen LogP contribution in [-0.4, -0.2) is 12.8 Å². The van der Waals surface area contributed by atoms with E-state index in [0.717, 1.165) is 10.6 Å². The molecule has 0 aliphatic carbocycles. The minimum absolute atomic E-state index is 0.185. The van der Waals surface area contributed by atoms with Crippen LogP contribution in [0.15, 0.2) is 41.3 Å². The van der Waals surface area contributed by atoms with Crippen LogP contribution in [0.1, 0.15) is 28.3 Å². The molecule has 2 aromatic carbocycles. The van der Waals surface area contributed by atoms with Gasteiger partial charge in [-0.1, -0.05) is 17.7 Å². The Hall–Kier alpha value is -1.32. The number of thioether (sulfide) groups is 1. The molecule has 21 heavy (non-hydrogen) atoms. The highest BCUT2D eigenvalue weighted by molar-refractivity contribution is 7.99. The number of benzene rings is 2. The van der Waals surface area contributed by atoms with Gasteiger partial charge in [0.05, 0.1) is 0 Å². The molecule has 0 amide bonds. The second-order valence-corrected chi connectivity index (χ2v) is 6.51. The van der Waals surface area contributed by atoms with Gasteiger partial charge < -0.3 is 5.32 Å². The van der Waals surface area contributed by atoms with Crippen LogP contribution in [0.4, 0.5) is 4.39 Å². The molecular weight excluding hydrogens is 281 g/mol. The second-order valence-electron chi connectivity index (χ2n) is 5.42. The van der Waals surface area contributed by atoms with Crippen molar-refractivity contribution in [3.05, 3.63) is 64.5 Å². The van der Waals surface area contributed by atoms with Crippen LogP contribution in [0.2, 0.25) is 0 Å². The number of aryl methyl sites for hydroxylation is 3. The van der Waals surface area contributed by atoms with Gasteiger partial charge in [-0.2, -0.15) is 0 Å². The molecule has 1 N–H and O–H groups in total. The number of rotatable bonds is 5. The fourth-order valence-corrected chi connectivity index (χ4v) is 3.78. The first-order valence-electron chi connectivity index (χ1n) is 7.14. The van der Waals surface area contributed by atoms with Gasteiger partial charge in [0, 0.05) is 16.7 Å². The standard InChI is InChI=1S/C18H22FNS/c1-12-9-13(2)18(14(3)10-12)17(20-4)11-21-16-7-5-15(19)6-8-16/h5-10,17,20H,11H2,1-4H3. The Morgan fingerprint density at radius 2 is 1.62 bits per heavy atom. The molecule has 0 radical (unpaired) electrons. The van der Waals surface area contributed by atoms with Crippen molar-refractivity contribution in [1.82, 2.24) is 5.32 Å². The van der Waals surface area contributed by atoms with E-state index in [2.05, 4.69) is 38.2 Å². The Morgan fingerprint density at radius 1 is 1.05 bits per heavy atom. The van der Waals surface area contributed by atoms with Gasteiger partial charge in [0.15, 0.2) is 0 Å².